The van der Waals surface area contributed by atoms with Crippen LogP contribution >= 0.6 is 0 Å². The molecule has 1 saturated heterocycles. The molecule has 1 unspecified atom stereocenters. The highest BCUT2D eigenvalue weighted by Gasteiger charge is 2.25. The lowest BCUT2D eigenvalue weighted by molar-refractivity contribution is 0.0776. The molecule has 1 atom stereocenters. The Bertz CT molecular complexity index is 788. The Balaban J connectivity index is 1.46. The summed E-state index contributed by atoms with van der Waals surface area (Å²) in [6.45, 7) is 3.92. The van der Waals surface area contributed by atoms with Crippen LogP contribution in [0, 0.1) is 12.8 Å². The first-order chi connectivity index (χ1) is 13.0. The summed E-state index contributed by atoms with van der Waals surface area (Å²) in [5, 5.41) is 7.16. The summed E-state index contributed by atoms with van der Waals surface area (Å²) < 4.78 is 7.05. The minimum Gasteiger partial charge on any atom is -0.445 e. The Hall–Kier alpha value is -2.83. The van der Waals surface area contributed by atoms with Gasteiger partial charge in [-0.2, -0.15) is 5.10 Å². The van der Waals surface area contributed by atoms with Gasteiger partial charge in [-0.05, 0) is 31.2 Å². The van der Waals surface area contributed by atoms with Gasteiger partial charge in [0.25, 0.3) is 5.91 Å². The standard InChI is InChI=1S/C20H26N4O3/c1-15-18(13-23(2)22-15)19(25)21-11-17-9-6-10-24(12-17)20(26)27-14-16-7-4-3-5-8-16/h3-5,7-8,13,17H,6,9-12,14H2,1-2H3,(H,21,25). The molecule has 0 aliphatic carbocycles. The van der Waals surface area contributed by atoms with Crippen LogP contribution in [-0.4, -0.2) is 46.3 Å². The molecule has 1 N–H and O–H groups in total. The van der Waals surface area contributed by atoms with Gasteiger partial charge in [0, 0.05) is 32.9 Å². The van der Waals surface area contributed by atoms with E-state index in [9.17, 15) is 9.59 Å². The van der Waals surface area contributed by atoms with Gasteiger partial charge >= 0.3 is 6.09 Å². The van der Waals surface area contributed by atoms with Crippen LogP contribution in [0.5, 0.6) is 0 Å². The van der Waals surface area contributed by atoms with Gasteiger partial charge < -0.3 is 15.0 Å². The Morgan fingerprint density at radius 2 is 2.07 bits per heavy atom. The molecule has 1 fully saturated rings. The second kappa shape index (κ2) is 8.70. The van der Waals surface area contributed by atoms with Crippen molar-refractivity contribution in [2.45, 2.75) is 26.4 Å². The third-order valence-corrected chi connectivity index (χ3v) is 4.79. The number of benzene rings is 1. The van der Waals surface area contributed by atoms with Crippen LogP contribution < -0.4 is 5.32 Å². The van der Waals surface area contributed by atoms with Gasteiger partial charge in [0.15, 0.2) is 0 Å². The molecule has 1 aliphatic rings. The summed E-state index contributed by atoms with van der Waals surface area (Å²) in [5.74, 6) is 0.105. The van der Waals surface area contributed by atoms with Crippen LogP contribution in [0.25, 0.3) is 0 Å². The average Bonchev–Trinajstić information content (AvgIpc) is 3.03. The minimum absolute atomic E-state index is 0.121. The summed E-state index contributed by atoms with van der Waals surface area (Å²) in [4.78, 5) is 26.4. The molecule has 2 heterocycles. The Morgan fingerprint density at radius 1 is 1.30 bits per heavy atom. The second-order valence-electron chi connectivity index (χ2n) is 7.01. The third-order valence-electron chi connectivity index (χ3n) is 4.79. The molecular formula is C20H26N4O3. The topological polar surface area (TPSA) is 76.5 Å². The van der Waals surface area contributed by atoms with Crippen molar-refractivity contribution in [3.8, 4) is 0 Å². The Labute approximate surface area is 159 Å². The molecule has 0 radical (unpaired) electrons. The number of piperidine rings is 1. The lowest BCUT2D eigenvalue weighted by Crippen LogP contribution is -2.43. The molecule has 27 heavy (non-hydrogen) atoms. The molecule has 7 heteroatoms. The van der Waals surface area contributed by atoms with E-state index in [4.69, 9.17) is 4.74 Å². The lowest BCUT2D eigenvalue weighted by atomic mass is 9.98. The van der Waals surface area contributed by atoms with E-state index in [0.29, 0.717) is 30.9 Å². The summed E-state index contributed by atoms with van der Waals surface area (Å²) in [5.41, 5.74) is 2.27. The third kappa shape index (κ3) is 5.09. The number of amides is 2. The molecule has 3 rings (SSSR count). The van der Waals surface area contributed by atoms with Gasteiger partial charge in [0.2, 0.25) is 0 Å². The number of rotatable bonds is 5. The molecule has 1 aromatic carbocycles. The summed E-state index contributed by atoms with van der Waals surface area (Å²) in [6, 6.07) is 9.64. The number of carbonyl (C=O) groups is 2. The number of carbonyl (C=O) groups excluding carboxylic acids is 2. The molecular weight excluding hydrogens is 344 g/mol. The predicted octanol–water partition coefficient (Wildman–Crippen LogP) is 2.51. The van der Waals surface area contributed by atoms with E-state index in [1.54, 1.807) is 22.8 Å². The van der Waals surface area contributed by atoms with E-state index in [2.05, 4.69) is 10.4 Å². The quantitative estimate of drug-likeness (QED) is 0.877. The summed E-state index contributed by atoms with van der Waals surface area (Å²) >= 11 is 0. The number of ether oxygens (including phenoxy) is 1. The van der Waals surface area contributed by atoms with Crippen molar-refractivity contribution in [2.75, 3.05) is 19.6 Å². The van der Waals surface area contributed by atoms with Gasteiger partial charge in [-0.1, -0.05) is 30.3 Å². The number of nitrogens with one attached hydrogen (secondary N) is 1. The van der Waals surface area contributed by atoms with Crippen LogP contribution in [0.1, 0.15) is 34.5 Å². The smallest absolute Gasteiger partial charge is 0.410 e. The lowest BCUT2D eigenvalue weighted by Gasteiger charge is -2.32. The van der Waals surface area contributed by atoms with Crippen molar-refractivity contribution >= 4 is 12.0 Å². The zero-order chi connectivity index (χ0) is 19.2. The normalized spacial score (nSPS) is 16.8. The monoisotopic (exact) mass is 370 g/mol. The van der Waals surface area contributed by atoms with Crippen molar-refractivity contribution in [2.24, 2.45) is 13.0 Å². The highest BCUT2D eigenvalue weighted by Crippen LogP contribution is 2.17. The van der Waals surface area contributed by atoms with Gasteiger partial charge in [-0.15, -0.1) is 0 Å². The minimum atomic E-state index is -0.294. The first-order valence-electron chi connectivity index (χ1n) is 9.27. The predicted molar refractivity (Wildman–Crippen MR) is 101 cm³/mol. The molecule has 7 nitrogen and oxygen atoms in total. The molecule has 0 spiro atoms. The van der Waals surface area contributed by atoms with E-state index in [1.807, 2.05) is 37.3 Å². The Morgan fingerprint density at radius 3 is 2.78 bits per heavy atom. The molecule has 0 saturated carbocycles. The fraction of sp³-hybridized carbons (Fsp3) is 0.450. The zero-order valence-corrected chi connectivity index (χ0v) is 15.9. The second-order valence-corrected chi connectivity index (χ2v) is 7.01. The SMILES string of the molecule is Cc1nn(C)cc1C(=O)NCC1CCCN(C(=O)OCc2ccccc2)C1. The van der Waals surface area contributed by atoms with Crippen molar-refractivity contribution in [1.82, 2.24) is 20.0 Å². The fourth-order valence-corrected chi connectivity index (χ4v) is 3.36. The van der Waals surface area contributed by atoms with E-state index >= 15 is 0 Å². The first-order valence-corrected chi connectivity index (χ1v) is 9.27. The number of hydrogen-bond acceptors (Lipinski definition) is 4. The molecule has 0 bridgehead atoms. The highest BCUT2D eigenvalue weighted by atomic mass is 16.6. The number of aromatic nitrogens is 2. The zero-order valence-electron chi connectivity index (χ0n) is 15.9. The van der Waals surface area contributed by atoms with Gasteiger partial charge in [-0.25, -0.2) is 4.79 Å². The van der Waals surface area contributed by atoms with Crippen molar-refractivity contribution in [3.05, 3.63) is 53.3 Å². The van der Waals surface area contributed by atoms with E-state index in [1.165, 1.54) is 0 Å². The number of hydrogen-bond donors (Lipinski definition) is 1. The molecule has 1 aromatic heterocycles. The van der Waals surface area contributed by atoms with E-state index in [-0.39, 0.29) is 24.5 Å². The number of aryl methyl sites for hydroxylation is 2. The van der Waals surface area contributed by atoms with Gasteiger partial charge in [-0.3, -0.25) is 9.48 Å². The van der Waals surface area contributed by atoms with Crippen molar-refractivity contribution in [1.29, 1.82) is 0 Å². The van der Waals surface area contributed by atoms with Crippen LogP contribution in [0.3, 0.4) is 0 Å². The fourth-order valence-electron chi connectivity index (χ4n) is 3.36. The van der Waals surface area contributed by atoms with Crippen LogP contribution in [0.4, 0.5) is 4.79 Å². The maximum atomic E-state index is 12.3. The van der Waals surface area contributed by atoms with Gasteiger partial charge in [0.1, 0.15) is 6.61 Å². The van der Waals surface area contributed by atoms with Crippen molar-refractivity contribution < 1.29 is 14.3 Å². The maximum absolute atomic E-state index is 12.3. The molecule has 2 amide bonds. The highest BCUT2D eigenvalue weighted by molar-refractivity contribution is 5.95. The Kier molecular flexibility index (Phi) is 6.11. The van der Waals surface area contributed by atoms with E-state index < -0.39 is 0 Å². The molecule has 2 aromatic rings. The van der Waals surface area contributed by atoms with Crippen LogP contribution in [0.2, 0.25) is 0 Å². The number of nitrogens with zero attached hydrogens (tertiary/aromatic N) is 3. The number of likely N-dealkylation sites (tertiary alicyclic amines) is 1. The molecule has 144 valence electrons. The maximum Gasteiger partial charge on any atom is 0.410 e. The van der Waals surface area contributed by atoms with Crippen LogP contribution in [0.15, 0.2) is 36.5 Å². The van der Waals surface area contributed by atoms with Crippen LogP contribution in [-0.2, 0) is 18.4 Å². The molecule has 1 aliphatic heterocycles. The van der Waals surface area contributed by atoms with Gasteiger partial charge in [0.05, 0.1) is 11.3 Å². The first kappa shape index (κ1) is 18.9. The van der Waals surface area contributed by atoms with Crippen molar-refractivity contribution in [3.63, 3.8) is 0 Å². The summed E-state index contributed by atoms with van der Waals surface area (Å²) in [7, 11) is 1.80. The largest absolute Gasteiger partial charge is 0.445 e. The summed E-state index contributed by atoms with van der Waals surface area (Å²) in [6.07, 6.45) is 3.32. The average molecular weight is 370 g/mol. The van der Waals surface area contributed by atoms with E-state index in [0.717, 1.165) is 18.4 Å².